The SMILES string of the molecule is COC(=O)C(Cc1ccc(OCCc2nc(-c3ccccc3)oc2C)cc1)N1CCNCC1. The lowest BCUT2D eigenvalue weighted by Crippen LogP contribution is -2.52. The maximum Gasteiger partial charge on any atom is 0.323 e. The number of piperazine rings is 1. The third-order valence-electron chi connectivity index (χ3n) is 5.94. The summed E-state index contributed by atoms with van der Waals surface area (Å²) in [5, 5.41) is 3.32. The molecule has 7 nitrogen and oxygen atoms in total. The number of carbonyl (C=O) groups excluding carboxylic acids is 1. The Morgan fingerprint density at radius 2 is 1.85 bits per heavy atom. The molecule has 1 saturated heterocycles. The maximum absolute atomic E-state index is 12.4. The van der Waals surface area contributed by atoms with Gasteiger partial charge in [-0.1, -0.05) is 30.3 Å². The van der Waals surface area contributed by atoms with Gasteiger partial charge in [-0.15, -0.1) is 0 Å². The summed E-state index contributed by atoms with van der Waals surface area (Å²) in [5.41, 5.74) is 2.95. The molecule has 0 amide bonds. The quantitative estimate of drug-likeness (QED) is 0.503. The normalized spacial score (nSPS) is 15.2. The minimum absolute atomic E-state index is 0.185. The van der Waals surface area contributed by atoms with Gasteiger partial charge >= 0.3 is 5.97 Å². The Morgan fingerprint density at radius 1 is 1.12 bits per heavy atom. The minimum atomic E-state index is -0.266. The third-order valence-corrected chi connectivity index (χ3v) is 5.94. The Hall–Kier alpha value is -3.16. The molecule has 0 aliphatic carbocycles. The molecule has 2 aromatic carbocycles. The zero-order valence-corrected chi connectivity index (χ0v) is 19.3. The van der Waals surface area contributed by atoms with Crippen LogP contribution in [-0.2, 0) is 22.4 Å². The zero-order chi connectivity index (χ0) is 23.0. The molecule has 0 radical (unpaired) electrons. The summed E-state index contributed by atoms with van der Waals surface area (Å²) in [5.74, 6) is 2.06. The van der Waals surface area contributed by atoms with Gasteiger partial charge in [-0.25, -0.2) is 4.98 Å². The van der Waals surface area contributed by atoms with Crippen LogP contribution in [0.3, 0.4) is 0 Å². The average Bonchev–Trinajstić information content (AvgIpc) is 3.24. The standard InChI is InChI=1S/C26H31N3O4/c1-19-23(28-25(33-19)21-6-4-3-5-7-21)12-17-32-22-10-8-20(9-11-22)18-24(26(30)31-2)29-15-13-27-14-16-29/h3-11,24,27H,12-18H2,1-2H3. The first-order chi connectivity index (χ1) is 16.1. The van der Waals surface area contributed by atoms with E-state index in [9.17, 15) is 4.79 Å². The number of methoxy groups -OCH3 is 1. The van der Waals surface area contributed by atoms with Crippen molar-refractivity contribution >= 4 is 5.97 Å². The zero-order valence-electron chi connectivity index (χ0n) is 19.3. The van der Waals surface area contributed by atoms with E-state index in [2.05, 4.69) is 15.2 Å². The van der Waals surface area contributed by atoms with Crippen LogP contribution in [0.15, 0.2) is 59.0 Å². The van der Waals surface area contributed by atoms with E-state index in [0.717, 1.165) is 54.5 Å². The van der Waals surface area contributed by atoms with Gasteiger partial charge in [0, 0.05) is 38.2 Å². The van der Waals surface area contributed by atoms with Crippen molar-refractivity contribution in [1.82, 2.24) is 15.2 Å². The fraction of sp³-hybridized carbons (Fsp3) is 0.385. The molecule has 7 heteroatoms. The summed E-state index contributed by atoms with van der Waals surface area (Å²) in [7, 11) is 1.45. The molecule has 1 aliphatic rings. The summed E-state index contributed by atoms with van der Waals surface area (Å²) in [6.45, 7) is 5.89. The van der Waals surface area contributed by atoms with E-state index in [1.165, 1.54) is 7.11 Å². The molecule has 2 heterocycles. The van der Waals surface area contributed by atoms with Crippen molar-refractivity contribution in [3.8, 4) is 17.2 Å². The van der Waals surface area contributed by atoms with Gasteiger partial charge in [0.25, 0.3) is 0 Å². The summed E-state index contributed by atoms with van der Waals surface area (Å²) >= 11 is 0. The molecule has 0 spiro atoms. The van der Waals surface area contributed by atoms with Crippen molar-refractivity contribution in [2.75, 3.05) is 39.9 Å². The molecular formula is C26H31N3O4. The highest BCUT2D eigenvalue weighted by molar-refractivity contribution is 5.76. The van der Waals surface area contributed by atoms with Crippen LogP contribution in [0.2, 0.25) is 0 Å². The number of hydrogen-bond acceptors (Lipinski definition) is 7. The number of carbonyl (C=O) groups is 1. The molecule has 3 aromatic rings. The van der Waals surface area contributed by atoms with E-state index in [1.54, 1.807) is 0 Å². The van der Waals surface area contributed by atoms with Crippen molar-refractivity contribution in [3.63, 3.8) is 0 Å². The van der Waals surface area contributed by atoms with Crippen LogP contribution in [0, 0.1) is 6.92 Å². The van der Waals surface area contributed by atoms with Crippen LogP contribution in [0.5, 0.6) is 5.75 Å². The molecule has 174 valence electrons. The van der Waals surface area contributed by atoms with Crippen LogP contribution in [0.4, 0.5) is 0 Å². The smallest absolute Gasteiger partial charge is 0.323 e. The molecule has 1 aromatic heterocycles. The van der Waals surface area contributed by atoms with Crippen molar-refractivity contribution in [2.45, 2.75) is 25.8 Å². The van der Waals surface area contributed by atoms with E-state index in [-0.39, 0.29) is 12.0 Å². The fourth-order valence-corrected chi connectivity index (χ4v) is 4.07. The highest BCUT2D eigenvalue weighted by Crippen LogP contribution is 2.22. The van der Waals surface area contributed by atoms with Gasteiger partial charge in [0.2, 0.25) is 5.89 Å². The second-order valence-electron chi connectivity index (χ2n) is 8.16. The Labute approximate surface area is 194 Å². The van der Waals surface area contributed by atoms with Crippen LogP contribution in [0.1, 0.15) is 17.0 Å². The number of aryl methyl sites for hydroxylation is 1. The van der Waals surface area contributed by atoms with Gasteiger partial charge in [-0.3, -0.25) is 9.69 Å². The lowest BCUT2D eigenvalue weighted by Gasteiger charge is -2.33. The predicted octanol–water partition coefficient (Wildman–Crippen LogP) is 3.26. The first kappa shape index (κ1) is 23.0. The van der Waals surface area contributed by atoms with Gasteiger partial charge in [-0.2, -0.15) is 0 Å². The molecule has 0 saturated carbocycles. The molecule has 1 aliphatic heterocycles. The van der Waals surface area contributed by atoms with Crippen molar-refractivity contribution < 1.29 is 18.7 Å². The number of nitrogens with one attached hydrogen (secondary N) is 1. The van der Waals surface area contributed by atoms with E-state index < -0.39 is 0 Å². The highest BCUT2D eigenvalue weighted by atomic mass is 16.5. The third kappa shape index (κ3) is 6.00. The maximum atomic E-state index is 12.4. The number of nitrogens with zero attached hydrogens (tertiary/aromatic N) is 2. The topological polar surface area (TPSA) is 76.8 Å². The Bertz CT molecular complexity index is 1030. The van der Waals surface area contributed by atoms with Gasteiger partial charge in [0.15, 0.2) is 0 Å². The van der Waals surface area contributed by atoms with Gasteiger partial charge in [0.05, 0.1) is 19.4 Å². The first-order valence-electron chi connectivity index (χ1n) is 11.4. The number of esters is 1. The van der Waals surface area contributed by atoms with Crippen LogP contribution >= 0.6 is 0 Å². The predicted molar refractivity (Wildman–Crippen MR) is 126 cm³/mol. The van der Waals surface area contributed by atoms with E-state index in [4.69, 9.17) is 13.9 Å². The highest BCUT2D eigenvalue weighted by Gasteiger charge is 2.28. The van der Waals surface area contributed by atoms with E-state index in [1.807, 2.05) is 61.5 Å². The Morgan fingerprint density at radius 3 is 2.55 bits per heavy atom. The summed E-state index contributed by atoms with van der Waals surface area (Å²) in [6, 6.07) is 17.6. The second-order valence-corrected chi connectivity index (χ2v) is 8.16. The van der Waals surface area contributed by atoms with E-state index in [0.29, 0.717) is 25.3 Å². The van der Waals surface area contributed by atoms with Crippen LogP contribution < -0.4 is 10.1 Å². The van der Waals surface area contributed by atoms with Gasteiger partial charge in [-0.05, 0) is 43.2 Å². The largest absolute Gasteiger partial charge is 0.493 e. The lowest BCUT2D eigenvalue weighted by molar-refractivity contribution is -0.147. The number of aromatic nitrogens is 1. The van der Waals surface area contributed by atoms with Gasteiger partial charge < -0.3 is 19.2 Å². The monoisotopic (exact) mass is 449 g/mol. The molecule has 4 rings (SSSR count). The summed E-state index contributed by atoms with van der Waals surface area (Å²) in [4.78, 5) is 19.2. The molecule has 1 unspecified atom stereocenters. The molecular weight excluding hydrogens is 418 g/mol. The van der Waals surface area contributed by atoms with Crippen LogP contribution in [0.25, 0.3) is 11.5 Å². The Kier molecular flexibility index (Phi) is 7.75. The second kappa shape index (κ2) is 11.1. The lowest BCUT2D eigenvalue weighted by atomic mass is 10.0. The molecule has 33 heavy (non-hydrogen) atoms. The molecule has 1 atom stereocenters. The number of oxazole rings is 1. The number of ether oxygens (including phenoxy) is 2. The van der Waals surface area contributed by atoms with E-state index >= 15 is 0 Å². The number of rotatable bonds is 9. The number of hydrogen-bond donors (Lipinski definition) is 1. The average molecular weight is 450 g/mol. The van der Waals surface area contributed by atoms with Crippen molar-refractivity contribution in [3.05, 3.63) is 71.6 Å². The molecule has 0 bridgehead atoms. The molecule has 1 N–H and O–H groups in total. The fourth-order valence-electron chi connectivity index (χ4n) is 4.07. The first-order valence-corrected chi connectivity index (χ1v) is 11.4. The Balaban J connectivity index is 1.31. The summed E-state index contributed by atoms with van der Waals surface area (Å²) in [6.07, 6.45) is 1.28. The minimum Gasteiger partial charge on any atom is -0.493 e. The van der Waals surface area contributed by atoms with Crippen LogP contribution in [-0.4, -0.2) is 61.8 Å². The molecule has 1 fully saturated rings. The number of benzene rings is 2. The van der Waals surface area contributed by atoms with Gasteiger partial charge in [0.1, 0.15) is 17.6 Å². The summed E-state index contributed by atoms with van der Waals surface area (Å²) < 4.78 is 16.8. The van der Waals surface area contributed by atoms with Crippen molar-refractivity contribution in [2.24, 2.45) is 0 Å². The van der Waals surface area contributed by atoms with Crippen molar-refractivity contribution in [1.29, 1.82) is 0 Å².